The highest BCUT2D eigenvalue weighted by molar-refractivity contribution is 5.84. The van der Waals surface area contributed by atoms with Crippen LogP contribution in [0.25, 0.3) is 0 Å². The number of benzene rings is 1. The fourth-order valence-corrected chi connectivity index (χ4v) is 2.84. The van der Waals surface area contributed by atoms with Gasteiger partial charge >= 0.3 is 5.97 Å². The van der Waals surface area contributed by atoms with Crippen molar-refractivity contribution in [2.45, 2.75) is 52.0 Å². The van der Waals surface area contributed by atoms with Gasteiger partial charge in [0, 0.05) is 5.69 Å². The van der Waals surface area contributed by atoms with E-state index in [2.05, 4.69) is 38.2 Å². The number of ether oxygens (including phenoxy) is 1. The largest absolute Gasteiger partial charge is 0.467 e. The number of rotatable bonds is 3. The quantitative estimate of drug-likeness (QED) is 0.850. The van der Waals surface area contributed by atoms with Gasteiger partial charge in [-0.25, -0.2) is 4.79 Å². The van der Waals surface area contributed by atoms with Gasteiger partial charge in [0.05, 0.1) is 7.11 Å². The summed E-state index contributed by atoms with van der Waals surface area (Å²) in [6.45, 7) is 6.59. The van der Waals surface area contributed by atoms with E-state index in [0.717, 1.165) is 31.4 Å². The van der Waals surface area contributed by atoms with Crippen molar-refractivity contribution in [1.29, 1.82) is 0 Å². The zero-order chi connectivity index (χ0) is 14.8. The predicted octanol–water partition coefficient (Wildman–Crippen LogP) is 3.92. The topological polar surface area (TPSA) is 38.3 Å². The molecule has 1 aliphatic carbocycles. The molecule has 110 valence electrons. The molecule has 1 N–H and O–H groups in total. The molecule has 0 bridgehead atoms. The van der Waals surface area contributed by atoms with Crippen LogP contribution in [0.5, 0.6) is 0 Å². The van der Waals surface area contributed by atoms with Gasteiger partial charge in [-0.3, -0.25) is 0 Å². The molecule has 0 heterocycles. The highest BCUT2D eigenvalue weighted by atomic mass is 16.5. The molecular weight excluding hydrogens is 250 g/mol. The van der Waals surface area contributed by atoms with Gasteiger partial charge in [0.15, 0.2) is 0 Å². The van der Waals surface area contributed by atoms with E-state index in [9.17, 15) is 4.79 Å². The molecule has 1 saturated carbocycles. The summed E-state index contributed by atoms with van der Waals surface area (Å²) < 4.78 is 5.06. The van der Waals surface area contributed by atoms with E-state index in [1.54, 1.807) is 0 Å². The Morgan fingerprint density at radius 2 is 1.65 bits per heavy atom. The Kier molecular flexibility index (Phi) is 4.07. The van der Waals surface area contributed by atoms with Crippen LogP contribution >= 0.6 is 0 Å². The van der Waals surface area contributed by atoms with Crippen molar-refractivity contribution in [2.24, 2.45) is 5.41 Å². The molecule has 1 aromatic rings. The van der Waals surface area contributed by atoms with Crippen LogP contribution in [0.4, 0.5) is 5.69 Å². The normalized spacial score (nSPS) is 20.2. The molecule has 0 atom stereocenters. The van der Waals surface area contributed by atoms with Gasteiger partial charge in [-0.1, -0.05) is 31.5 Å². The number of anilines is 1. The number of carbonyl (C=O) groups is 1. The maximum Gasteiger partial charge on any atom is 0.331 e. The molecule has 0 aromatic heterocycles. The third-order valence-electron chi connectivity index (χ3n) is 4.47. The number of hydrogen-bond acceptors (Lipinski definition) is 3. The lowest BCUT2D eigenvalue weighted by atomic mass is 9.69. The molecule has 1 aromatic carbocycles. The van der Waals surface area contributed by atoms with E-state index in [-0.39, 0.29) is 5.97 Å². The van der Waals surface area contributed by atoms with Crippen LogP contribution < -0.4 is 5.32 Å². The molecule has 0 saturated heterocycles. The number of hydrogen-bond donors (Lipinski definition) is 1. The third kappa shape index (κ3) is 3.14. The second-order valence-corrected chi connectivity index (χ2v) is 6.73. The fourth-order valence-electron chi connectivity index (χ4n) is 2.84. The standard InChI is InChI=1S/C17H25NO2/c1-13-5-7-14(8-6-13)18-17(15(19)20-4)11-9-16(2,3)10-12-17/h5-8,18H,9-12H2,1-4H3. The molecule has 3 heteroatoms. The van der Waals surface area contributed by atoms with Crippen LogP contribution in [0.3, 0.4) is 0 Å². The molecule has 20 heavy (non-hydrogen) atoms. The lowest BCUT2D eigenvalue weighted by Crippen LogP contribution is -2.51. The molecule has 1 fully saturated rings. The van der Waals surface area contributed by atoms with Gasteiger partial charge in [0.25, 0.3) is 0 Å². The summed E-state index contributed by atoms with van der Waals surface area (Å²) in [6, 6.07) is 8.17. The molecule has 0 radical (unpaired) electrons. The summed E-state index contributed by atoms with van der Waals surface area (Å²) in [7, 11) is 1.47. The van der Waals surface area contributed by atoms with Crippen molar-refractivity contribution >= 4 is 11.7 Å². The zero-order valence-corrected chi connectivity index (χ0v) is 13.0. The summed E-state index contributed by atoms with van der Waals surface area (Å²) >= 11 is 0. The first-order chi connectivity index (χ1) is 9.37. The van der Waals surface area contributed by atoms with Gasteiger partial charge in [-0.05, 0) is 50.2 Å². The van der Waals surface area contributed by atoms with E-state index < -0.39 is 5.54 Å². The van der Waals surface area contributed by atoms with Crippen molar-refractivity contribution in [2.75, 3.05) is 12.4 Å². The van der Waals surface area contributed by atoms with E-state index in [1.165, 1.54) is 12.7 Å². The van der Waals surface area contributed by atoms with Gasteiger partial charge in [-0.2, -0.15) is 0 Å². The summed E-state index contributed by atoms with van der Waals surface area (Å²) in [6.07, 6.45) is 3.70. The maximum absolute atomic E-state index is 12.3. The average molecular weight is 275 g/mol. The highest BCUT2D eigenvalue weighted by Gasteiger charge is 2.44. The third-order valence-corrected chi connectivity index (χ3v) is 4.47. The summed E-state index contributed by atoms with van der Waals surface area (Å²) in [5.41, 5.74) is 1.94. The van der Waals surface area contributed by atoms with Crippen LogP contribution in [-0.4, -0.2) is 18.6 Å². The molecule has 0 spiro atoms. The predicted molar refractivity (Wildman–Crippen MR) is 81.8 cm³/mol. The number of aryl methyl sites for hydroxylation is 1. The minimum Gasteiger partial charge on any atom is -0.467 e. The molecule has 1 aliphatic rings. The van der Waals surface area contributed by atoms with Crippen LogP contribution in [-0.2, 0) is 9.53 Å². The minimum atomic E-state index is -0.570. The minimum absolute atomic E-state index is 0.145. The Hall–Kier alpha value is -1.51. The summed E-state index contributed by atoms with van der Waals surface area (Å²) in [5, 5.41) is 3.44. The number of esters is 1. The number of nitrogens with one attached hydrogen (secondary N) is 1. The maximum atomic E-state index is 12.3. The summed E-state index contributed by atoms with van der Waals surface area (Å²) in [5.74, 6) is -0.145. The van der Waals surface area contributed by atoms with Gasteiger partial charge in [0.1, 0.15) is 5.54 Å². The molecular formula is C17H25NO2. The van der Waals surface area contributed by atoms with E-state index >= 15 is 0 Å². The first-order valence-electron chi connectivity index (χ1n) is 7.30. The molecule has 0 unspecified atom stereocenters. The highest BCUT2D eigenvalue weighted by Crippen LogP contribution is 2.42. The van der Waals surface area contributed by atoms with Crippen LogP contribution in [0.2, 0.25) is 0 Å². The fraction of sp³-hybridized carbons (Fsp3) is 0.588. The van der Waals surface area contributed by atoms with Crippen LogP contribution in [0.1, 0.15) is 45.1 Å². The van der Waals surface area contributed by atoms with Crippen molar-refractivity contribution in [3.05, 3.63) is 29.8 Å². The van der Waals surface area contributed by atoms with Crippen LogP contribution in [0, 0.1) is 12.3 Å². The lowest BCUT2D eigenvalue weighted by molar-refractivity contribution is -0.148. The Bertz CT molecular complexity index is 466. The molecule has 0 aliphatic heterocycles. The van der Waals surface area contributed by atoms with Gasteiger partial charge < -0.3 is 10.1 Å². The van der Waals surface area contributed by atoms with Crippen molar-refractivity contribution in [3.8, 4) is 0 Å². The van der Waals surface area contributed by atoms with Crippen LogP contribution in [0.15, 0.2) is 24.3 Å². The second-order valence-electron chi connectivity index (χ2n) is 6.73. The zero-order valence-electron chi connectivity index (χ0n) is 13.0. The summed E-state index contributed by atoms with van der Waals surface area (Å²) in [4.78, 5) is 12.3. The second kappa shape index (κ2) is 5.47. The Balaban J connectivity index is 2.20. The number of carbonyl (C=O) groups excluding carboxylic acids is 1. The SMILES string of the molecule is COC(=O)C1(Nc2ccc(C)cc2)CCC(C)(C)CC1. The Morgan fingerprint density at radius 1 is 1.10 bits per heavy atom. The Labute approximate surface area is 121 Å². The smallest absolute Gasteiger partial charge is 0.331 e. The lowest BCUT2D eigenvalue weighted by Gasteiger charge is -2.42. The van der Waals surface area contributed by atoms with E-state index in [1.807, 2.05) is 12.1 Å². The first kappa shape index (κ1) is 14.9. The van der Waals surface area contributed by atoms with E-state index in [4.69, 9.17) is 4.74 Å². The average Bonchev–Trinajstić information content (AvgIpc) is 2.43. The molecule has 3 nitrogen and oxygen atoms in total. The first-order valence-corrected chi connectivity index (χ1v) is 7.30. The van der Waals surface area contributed by atoms with Crippen molar-refractivity contribution in [1.82, 2.24) is 0 Å². The monoisotopic (exact) mass is 275 g/mol. The van der Waals surface area contributed by atoms with Crippen molar-refractivity contribution < 1.29 is 9.53 Å². The van der Waals surface area contributed by atoms with Crippen molar-refractivity contribution in [3.63, 3.8) is 0 Å². The molecule has 0 amide bonds. The number of methoxy groups -OCH3 is 1. The molecule has 2 rings (SSSR count). The Morgan fingerprint density at radius 3 is 2.15 bits per heavy atom. The van der Waals surface area contributed by atoms with E-state index in [0.29, 0.717) is 5.41 Å². The van der Waals surface area contributed by atoms with Gasteiger partial charge in [-0.15, -0.1) is 0 Å². The van der Waals surface area contributed by atoms with Gasteiger partial charge in [0.2, 0.25) is 0 Å².